The Hall–Kier alpha value is -0.610. The van der Waals surface area contributed by atoms with Gasteiger partial charge >= 0.3 is 0 Å². The van der Waals surface area contributed by atoms with Crippen molar-refractivity contribution in [1.29, 1.82) is 0 Å². The van der Waals surface area contributed by atoms with Crippen LogP contribution in [0, 0.1) is 5.82 Å². The van der Waals surface area contributed by atoms with Gasteiger partial charge in [0.25, 0.3) is 5.91 Å². The number of hydrogen-bond acceptors (Lipinski definition) is 1. The van der Waals surface area contributed by atoms with E-state index in [1.807, 2.05) is 0 Å². The molecule has 0 aliphatic rings. The molecule has 0 unspecified atom stereocenters. The number of nitrogens with one attached hydrogen (secondary N) is 1. The molecule has 1 N–H and O–H groups in total. The number of hydrogen-bond donors (Lipinski definition) is 1. The first-order valence-corrected chi connectivity index (χ1v) is 4.60. The van der Waals surface area contributed by atoms with Crippen LogP contribution in [0.1, 0.15) is 10.4 Å². The molecule has 1 aromatic carbocycles. The molecule has 0 saturated carbocycles. The van der Waals surface area contributed by atoms with Gasteiger partial charge in [0, 0.05) is 11.5 Å². The van der Waals surface area contributed by atoms with E-state index in [4.69, 9.17) is 11.6 Å². The van der Waals surface area contributed by atoms with Gasteiger partial charge in [-0.15, -0.1) is 0 Å². The van der Waals surface area contributed by atoms with Crippen LogP contribution in [0.3, 0.4) is 0 Å². The van der Waals surface area contributed by atoms with Gasteiger partial charge in [-0.25, -0.2) is 4.39 Å². The lowest BCUT2D eigenvalue weighted by molar-refractivity contribution is 0.0959. The summed E-state index contributed by atoms with van der Waals surface area (Å²) in [5.41, 5.74) is -0.0595. The number of halogens is 3. The highest BCUT2D eigenvalue weighted by Crippen LogP contribution is 2.25. The highest BCUT2D eigenvalue weighted by atomic mass is 79.9. The van der Waals surface area contributed by atoms with Crippen molar-refractivity contribution in [2.75, 3.05) is 7.05 Å². The maximum Gasteiger partial charge on any atom is 0.254 e. The minimum absolute atomic E-state index is 0.0595. The smallest absolute Gasteiger partial charge is 0.254 e. The summed E-state index contributed by atoms with van der Waals surface area (Å²) < 4.78 is 13.5. The van der Waals surface area contributed by atoms with Crippen LogP contribution in [0.25, 0.3) is 0 Å². The van der Waals surface area contributed by atoms with E-state index < -0.39 is 11.7 Å². The van der Waals surface area contributed by atoms with Crippen molar-refractivity contribution in [1.82, 2.24) is 5.32 Å². The fourth-order valence-corrected chi connectivity index (χ4v) is 1.31. The summed E-state index contributed by atoms with van der Waals surface area (Å²) in [6, 6.07) is 2.44. The normalized spacial score (nSPS) is 9.85. The van der Waals surface area contributed by atoms with E-state index in [-0.39, 0.29) is 5.56 Å². The number of carbonyl (C=O) groups is 1. The molecule has 13 heavy (non-hydrogen) atoms. The predicted molar refractivity (Wildman–Crippen MR) is 52.5 cm³/mol. The zero-order chi connectivity index (χ0) is 10.0. The van der Waals surface area contributed by atoms with Gasteiger partial charge < -0.3 is 5.32 Å². The molecule has 0 spiro atoms. The van der Waals surface area contributed by atoms with Gasteiger partial charge in [0.2, 0.25) is 0 Å². The molecule has 0 radical (unpaired) electrons. The fourth-order valence-electron chi connectivity index (χ4n) is 0.831. The van der Waals surface area contributed by atoms with Gasteiger partial charge in [-0.05, 0) is 28.1 Å². The van der Waals surface area contributed by atoms with Crippen molar-refractivity contribution in [2.45, 2.75) is 0 Å². The number of rotatable bonds is 1. The third-order valence-electron chi connectivity index (χ3n) is 1.48. The summed E-state index contributed by atoms with van der Waals surface area (Å²) in [5.74, 6) is -1.09. The Balaban J connectivity index is 3.23. The standard InChI is InChI=1S/C8H6BrClFNO/c1-12-8(13)4-2-6(10)5(9)3-7(4)11/h2-3H,1H3,(H,12,13). The Morgan fingerprint density at radius 2 is 2.23 bits per heavy atom. The Morgan fingerprint density at radius 3 is 2.77 bits per heavy atom. The molecule has 1 rings (SSSR count). The average molecular weight is 266 g/mol. The molecule has 1 amide bonds. The van der Waals surface area contributed by atoms with Crippen LogP contribution in [-0.2, 0) is 0 Å². The van der Waals surface area contributed by atoms with Crippen molar-refractivity contribution >= 4 is 33.4 Å². The highest BCUT2D eigenvalue weighted by Gasteiger charge is 2.12. The van der Waals surface area contributed by atoms with Crippen LogP contribution in [0.5, 0.6) is 0 Å². The maximum absolute atomic E-state index is 13.1. The average Bonchev–Trinajstić information content (AvgIpc) is 2.10. The lowest BCUT2D eigenvalue weighted by Crippen LogP contribution is -2.19. The zero-order valence-corrected chi connectivity index (χ0v) is 9.04. The van der Waals surface area contributed by atoms with Crippen LogP contribution in [0.4, 0.5) is 4.39 Å². The topological polar surface area (TPSA) is 29.1 Å². The van der Waals surface area contributed by atoms with Gasteiger partial charge in [0.1, 0.15) is 5.82 Å². The molecule has 0 bridgehead atoms. The third-order valence-corrected chi connectivity index (χ3v) is 2.68. The van der Waals surface area contributed by atoms with E-state index in [1.165, 1.54) is 13.1 Å². The molecule has 0 fully saturated rings. The van der Waals surface area contributed by atoms with Crippen molar-refractivity contribution < 1.29 is 9.18 Å². The quantitative estimate of drug-likeness (QED) is 0.778. The second-order valence-electron chi connectivity index (χ2n) is 2.33. The molecule has 2 nitrogen and oxygen atoms in total. The lowest BCUT2D eigenvalue weighted by atomic mass is 10.2. The second-order valence-corrected chi connectivity index (χ2v) is 3.59. The molecule has 0 heterocycles. The van der Waals surface area contributed by atoms with Gasteiger partial charge in [-0.3, -0.25) is 4.79 Å². The first-order chi connectivity index (χ1) is 6.06. The molecule has 5 heteroatoms. The largest absolute Gasteiger partial charge is 0.355 e. The molecule has 70 valence electrons. The number of amides is 1. The van der Waals surface area contributed by atoms with Crippen LogP contribution < -0.4 is 5.32 Å². The van der Waals surface area contributed by atoms with Crippen LogP contribution in [0.2, 0.25) is 5.02 Å². The lowest BCUT2D eigenvalue weighted by Gasteiger charge is -2.03. The minimum Gasteiger partial charge on any atom is -0.355 e. The SMILES string of the molecule is CNC(=O)c1cc(Cl)c(Br)cc1F. The maximum atomic E-state index is 13.1. The van der Waals surface area contributed by atoms with Gasteiger partial charge in [-0.2, -0.15) is 0 Å². The Morgan fingerprint density at radius 1 is 1.62 bits per heavy atom. The minimum atomic E-state index is -0.601. The molecule has 0 aliphatic carbocycles. The van der Waals surface area contributed by atoms with Crippen molar-refractivity contribution in [2.24, 2.45) is 0 Å². The predicted octanol–water partition coefficient (Wildman–Crippen LogP) is 2.60. The summed E-state index contributed by atoms with van der Waals surface area (Å²) >= 11 is 8.74. The Labute approximate surface area is 88.2 Å². The molecule has 0 aromatic heterocycles. The van der Waals surface area contributed by atoms with E-state index >= 15 is 0 Å². The van der Waals surface area contributed by atoms with Crippen LogP contribution in [-0.4, -0.2) is 13.0 Å². The monoisotopic (exact) mass is 265 g/mol. The molecule has 0 aliphatic heterocycles. The first-order valence-electron chi connectivity index (χ1n) is 3.43. The molecule has 1 aromatic rings. The first kappa shape index (κ1) is 10.5. The summed E-state index contributed by atoms with van der Waals surface area (Å²) in [4.78, 5) is 11.1. The van der Waals surface area contributed by atoms with Gasteiger partial charge in [-0.1, -0.05) is 11.6 Å². The van der Waals surface area contributed by atoms with E-state index in [2.05, 4.69) is 21.2 Å². The summed E-state index contributed by atoms with van der Waals surface area (Å²) in [5, 5.41) is 2.62. The van der Waals surface area contributed by atoms with E-state index in [9.17, 15) is 9.18 Å². The second kappa shape index (κ2) is 4.07. The van der Waals surface area contributed by atoms with Gasteiger partial charge in [0.05, 0.1) is 10.6 Å². The number of benzene rings is 1. The molecule has 0 atom stereocenters. The third kappa shape index (κ3) is 2.19. The number of carbonyl (C=O) groups excluding carboxylic acids is 1. The van der Waals surface area contributed by atoms with E-state index in [0.29, 0.717) is 9.50 Å². The molecule has 0 saturated heterocycles. The Bertz CT molecular complexity index is 356. The van der Waals surface area contributed by atoms with Crippen molar-refractivity contribution in [3.8, 4) is 0 Å². The van der Waals surface area contributed by atoms with Crippen LogP contribution in [0.15, 0.2) is 16.6 Å². The van der Waals surface area contributed by atoms with E-state index in [1.54, 1.807) is 0 Å². The fraction of sp³-hybridized carbons (Fsp3) is 0.125. The summed E-state index contributed by atoms with van der Waals surface area (Å²) in [6.45, 7) is 0. The highest BCUT2D eigenvalue weighted by molar-refractivity contribution is 9.10. The summed E-state index contributed by atoms with van der Waals surface area (Å²) in [7, 11) is 1.43. The van der Waals surface area contributed by atoms with Crippen molar-refractivity contribution in [3.63, 3.8) is 0 Å². The molecular formula is C8H6BrClFNO. The Kier molecular flexibility index (Phi) is 3.27. The summed E-state index contributed by atoms with van der Waals surface area (Å²) in [6.07, 6.45) is 0. The molecular weight excluding hydrogens is 260 g/mol. The van der Waals surface area contributed by atoms with E-state index in [0.717, 1.165) is 6.07 Å². The van der Waals surface area contributed by atoms with Crippen LogP contribution >= 0.6 is 27.5 Å². The van der Waals surface area contributed by atoms with Gasteiger partial charge in [0.15, 0.2) is 0 Å². The van der Waals surface area contributed by atoms with Crippen molar-refractivity contribution in [3.05, 3.63) is 33.0 Å². The zero-order valence-electron chi connectivity index (χ0n) is 6.70.